The molecule has 0 radical (unpaired) electrons. The van der Waals surface area contributed by atoms with Gasteiger partial charge in [0.2, 0.25) is 0 Å². The quantitative estimate of drug-likeness (QED) is 0.627. The Morgan fingerprint density at radius 2 is 2.08 bits per heavy atom. The van der Waals surface area contributed by atoms with Crippen molar-refractivity contribution in [3.63, 3.8) is 0 Å². The lowest BCUT2D eigenvalue weighted by molar-refractivity contribution is -0.115. The van der Waals surface area contributed by atoms with E-state index in [2.05, 4.69) is 25.1 Å². The van der Waals surface area contributed by atoms with Gasteiger partial charge >= 0.3 is 0 Å². The van der Waals surface area contributed by atoms with Crippen LogP contribution < -0.4 is 0 Å². The Labute approximate surface area is 82.5 Å². The van der Waals surface area contributed by atoms with Crippen LogP contribution in [0.1, 0.15) is 16.7 Å². The number of hydrogen-bond acceptors (Lipinski definition) is 2. The van der Waals surface area contributed by atoms with E-state index in [9.17, 15) is 4.79 Å². The molecule has 2 rings (SSSR count). The van der Waals surface area contributed by atoms with E-state index in [1.54, 1.807) is 11.8 Å². The monoisotopic (exact) mass is 192 g/mol. The van der Waals surface area contributed by atoms with Gasteiger partial charge in [0.1, 0.15) is 5.78 Å². The van der Waals surface area contributed by atoms with Gasteiger partial charge in [0, 0.05) is 12.2 Å². The summed E-state index contributed by atoms with van der Waals surface area (Å²) in [5.74, 6) is 2.02. The van der Waals surface area contributed by atoms with Crippen LogP contribution in [-0.4, -0.2) is 11.5 Å². The van der Waals surface area contributed by atoms with Gasteiger partial charge in [-0.05, 0) is 18.1 Å². The van der Waals surface area contributed by atoms with Gasteiger partial charge in [-0.1, -0.05) is 23.8 Å². The smallest absolute Gasteiger partial charge is 0.147 e. The molecule has 0 aliphatic carbocycles. The van der Waals surface area contributed by atoms with Crippen LogP contribution in [0.15, 0.2) is 18.2 Å². The fourth-order valence-electron chi connectivity index (χ4n) is 1.60. The van der Waals surface area contributed by atoms with Crippen molar-refractivity contribution in [2.24, 2.45) is 0 Å². The molecule has 0 bridgehead atoms. The molecule has 1 heterocycles. The first-order valence-corrected chi connectivity index (χ1v) is 5.59. The van der Waals surface area contributed by atoms with Crippen molar-refractivity contribution in [1.29, 1.82) is 0 Å². The maximum Gasteiger partial charge on any atom is 0.147 e. The van der Waals surface area contributed by atoms with Crippen molar-refractivity contribution < 1.29 is 4.79 Å². The van der Waals surface area contributed by atoms with Crippen molar-refractivity contribution in [3.05, 3.63) is 34.9 Å². The maximum atomic E-state index is 11.3. The van der Waals surface area contributed by atoms with Gasteiger partial charge in [-0.2, -0.15) is 0 Å². The number of benzene rings is 1. The van der Waals surface area contributed by atoms with Crippen LogP contribution in [-0.2, 0) is 17.0 Å². The molecule has 0 saturated heterocycles. The molecule has 0 amide bonds. The van der Waals surface area contributed by atoms with Crippen LogP contribution in [0.2, 0.25) is 0 Å². The predicted octanol–water partition coefficient (Wildman–Crippen LogP) is 2.35. The van der Waals surface area contributed by atoms with Gasteiger partial charge in [0.05, 0.1) is 5.75 Å². The summed E-state index contributed by atoms with van der Waals surface area (Å²) in [4.78, 5) is 11.3. The number of carbonyl (C=O) groups is 1. The second-order valence-corrected chi connectivity index (χ2v) is 4.47. The molecule has 0 saturated carbocycles. The zero-order valence-electron chi connectivity index (χ0n) is 7.67. The Bertz CT molecular complexity index is 344. The van der Waals surface area contributed by atoms with Crippen molar-refractivity contribution >= 4 is 17.5 Å². The maximum absolute atomic E-state index is 11.3. The number of Topliss-reactive ketones (excluding diaryl/α,β-unsaturated/α-hetero) is 1. The molecule has 1 aliphatic rings. The van der Waals surface area contributed by atoms with E-state index in [0.29, 0.717) is 18.0 Å². The van der Waals surface area contributed by atoms with E-state index >= 15 is 0 Å². The second-order valence-electron chi connectivity index (χ2n) is 3.48. The van der Waals surface area contributed by atoms with Crippen molar-refractivity contribution in [2.75, 3.05) is 5.75 Å². The van der Waals surface area contributed by atoms with E-state index in [-0.39, 0.29) is 0 Å². The number of hydrogen-bond donors (Lipinski definition) is 0. The minimum absolute atomic E-state index is 0.354. The van der Waals surface area contributed by atoms with Gasteiger partial charge in [-0.25, -0.2) is 0 Å². The molecule has 0 aromatic heterocycles. The number of ketones is 1. The van der Waals surface area contributed by atoms with Crippen molar-refractivity contribution in [2.45, 2.75) is 19.1 Å². The third-order valence-electron chi connectivity index (χ3n) is 2.27. The number of carbonyl (C=O) groups excluding carboxylic acids is 1. The van der Waals surface area contributed by atoms with Crippen molar-refractivity contribution in [1.82, 2.24) is 0 Å². The molecule has 0 unspecified atom stereocenters. The van der Waals surface area contributed by atoms with E-state index < -0.39 is 0 Å². The van der Waals surface area contributed by atoms with Crippen LogP contribution in [0.4, 0.5) is 0 Å². The summed E-state index contributed by atoms with van der Waals surface area (Å²) in [6, 6.07) is 6.37. The van der Waals surface area contributed by atoms with E-state index in [1.807, 2.05) is 0 Å². The second kappa shape index (κ2) is 3.54. The van der Waals surface area contributed by atoms with Crippen molar-refractivity contribution in [3.8, 4) is 0 Å². The molecule has 13 heavy (non-hydrogen) atoms. The van der Waals surface area contributed by atoms with Crippen LogP contribution in [0, 0.1) is 6.92 Å². The summed E-state index contributed by atoms with van der Waals surface area (Å²) in [7, 11) is 0. The predicted molar refractivity (Wildman–Crippen MR) is 56.1 cm³/mol. The lowest BCUT2D eigenvalue weighted by atomic mass is 10.0. The number of aryl methyl sites for hydroxylation is 1. The Balaban J connectivity index is 2.40. The average Bonchev–Trinajstić information content (AvgIpc) is 2.25. The lowest BCUT2D eigenvalue weighted by Gasteiger charge is -2.04. The molecule has 1 aromatic carbocycles. The first-order valence-electron chi connectivity index (χ1n) is 4.43. The Hall–Kier alpha value is -0.760. The Morgan fingerprint density at radius 1 is 1.23 bits per heavy atom. The highest BCUT2D eigenvalue weighted by Crippen LogP contribution is 2.22. The molecule has 1 nitrogen and oxygen atoms in total. The highest BCUT2D eigenvalue weighted by molar-refractivity contribution is 7.99. The van der Waals surface area contributed by atoms with E-state index in [4.69, 9.17) is 0 Å². The molecule has 0 atom stereocenters. The topological polar surface area (TPSA) is 17.1 Å². The third-order valence-corrected chi connectivity index (χ3v) is 3.31. The minimum atomic E-state index is 0.354. The lowest BCUT2D eigenvalue weighted by Crippen LogP contribution is -2.03. The minimum Gasteiger partial charge on any atom is -0.298 e. The fraction of sp³-hybridized carbons (Fsp3) is 0.364. The summed E-state index contributed by atoms with van der Waals surface area (Å²) in [5, 5.41) is 0. The molecular weight excluding hydrogens is 180 g/mol. The van der Waals surface area contributed by atoms with E-state index in [0.717, 1.165) is 5.75 Å². The first kappa shape index (κ1) is 8.82. The first-order chi connectivity index (χ1) is 6.25. The molecule has 1 aromatic rings. The molecule has 2 heteroatoms. The van der Waals surface area contributed by atoms with Gasteiger partial charge < -0.3 is 0 Å². The summed E-state index contributed by atoms with van der Waals surface area (Å²) < 4.78 is 0. The molecule has 0 fully saturated rings. The molecule has 1 aliphatic heterocycles. The zero-order chi connectivity index (χ0) is 9.26. The summed E-state index contributed by atoms with van der Waals surface area (Å²) in [6.07, 6.45) is 0.628. The molecule has 0 N–H and O–H groups in total. The van der Waals surface area contributed by atoms with Crippen LogP contribution in [0.5, 0.6) is 0 Å². The van der Waals surface area contributed by atoms with Gasteiger partial charge in [-0.3, -0.25) is 4.79 Å². The van der Waals surface area contributed by atoms with Crippen LogP contribution in [0.3, 0.4) is 0 Å². The van der Waals surface area contributed by atoms with Gasteiger partial charge in [-0.15, -0.1) is 11.8 Å². The standard InChI is InChI=1S/C11H12OS/c1-8-2-3-9-5-11(12)7-13-6-10(9)4-8/h2-4H,5-7H2,1H3. The average molecular weight is 192 g/mol. The van der Waals surface area contributed by atoms with Gasteiger partial charge in [0.15, 0.2) is 0 Å². The largest absolute Gasteiger partial charge is 0.298 e. The zero-order valence-corrected chi connectivity index (χ0v) is 8.49. The summed E-state index contributed by atoms with van der Waals surface area (Å²) >= 11 is 1.73. The molecular formula is C11H12OS. The Morgan fingerprint density at radius 3 is 2.92 bits per heavy atom. The highest BCUT2D eigenvalue weighted by atomic mass is 32.2. The highest BCUT2D eigenvalue weighted by Gasteiger charge is 2.13. The fourth-order valence-corrected chi connectivity index (χ4v) is 2.52. The van der Waals surface area contributed by atoms with E-state index in [1.165, 1.54) is 16.7 Å². The van der Waals surface area contributed by atoms with Crippen LogP contribution >= 0.6 is 11.8 Å². The SMILES string of the molecule is Cc1ccc2c(c1)CSCC(=O)C2. The van der Waals surface area contributed by atoms with Gasteiger partial charge in [0.25, 0.3) is 0 Å². The summed E-state index contributed by atoms with van der Waals surface area (Å²) in [6.45, 7) is 2.09. The molecule has 0 spiro atoms. The number of thioether (sulfide) groups is 1. The molecule has 68 valence electrons. The Kier molecular flexibility index (Phi) is 2.40. The third kappa shape index (κ3) is 1.94. The number of fused-ring (bicyclic) bond motifs is 1. The number of rotatable bonds is 0. The summed E-state index contributed by atoms with van der Waals surface area (Å²) in [5.41, 5.74) is 3.85. The van der Waals surface area contributed by atoms with Crippen LogP contribution in [0.25, 0.3) is 0 Å². The normalized spacial score (nSPS) is 16.5.